The van der Waals surface area contributed by atoms with Gasteiger partial charge in [-0.3, -0.25) is 13.9 Å². The van der Waals surface area contributed by atoms with E-state index in [1.54, 1.807) is 23.2 Å². The largest absolute Gasteiger partial charge is 0.370 e. The van der Waals surface area contributed by atoms with Crippen LogP contribution < -0.4 is 15.9 Å². The summed E-state index contributed by atoms with van der Waals surface area (Å²) in [5.41, 5.74) is 4.09. The van der Waals surface area contributed by atoms with Gasteiger partial charge >= 0.3 is 5.69 Å². The van der Waals surface area contributed by atoms with Crippen molar-refractivity contribution < 1.29 is 4.79 Å². The lowest BCUT2D eigenvalue weighted by molar-refractivity contribution is 0.102. The van der Waals surface area contributed by atoms with Gasteiger partial charge in [0.25, 0.3) is 5.91 Å². The lowest BCUT2D eigenvalue weighted by atomic mass is 10.1. The maximum atomic E-state index is 13.1. The number of para-hydroxylation sites is 1. The number of piperidine rings is 1. The molecule has 1 saturated heterocycles. The number of carbonyl (C=O) groups excluding carboxylic acids is 1. The number of carbonyl (C=O) groups is 1. The smallest absolute Gasteiger partial charge is 0.328 e. The summed E-state index contributed by atoms with van der Waals surface area (Å²) in [6, 6.07) is 13.3. The van der Waals surface area contributed by atoms with Gasteiger partial charge < -0.3 is 10.2 Å². The molecule has 1 aliphatic rings. The highest BCUT2D eigenvalue weighted by atomic mass is 16.2. The van der Waals surface area contributed by atoms with Crippen LogP contribution in [0.5, 0.6) is 0 Å². The Kier molecular flexibility index (Phi) is 5.01. The summed E-state index contributed by atoms with van der Waals surface area (Å²) >= 11 is 0. The van der Waals surface area contributed by atoms with Crippen LogP contribution in [0.4, 0.5) is 11.4 Å². The second-order valence-electron chi connectivity index (χ2n) is 8.12. The highest BCUT2D eigenvalue weighted by Gasteiger charge is 2.21. The van der Waals surface area contributed by atoms with Crippen LogP contribution >= 0.6 is 0 Å². The minimum atomic E-state index is -0.342. The molecule has 0 radical (unpaired) electrons. The van der Waals surface area contributed by atoms with E-state index in [1.807, 2.05) is 42.5 Å². The predicted molar refractivity (Wildman–Crippen MR) is 124 cm³/mol. The molecular formula is C23H25N7O2. The van der Waals surface area contributed by atoms with Gasteiger partial charge in [0.1, 0.15) is 0 Å². The van der Waals surface area contributed by atoms with Gasteiger partial charge in [-0.05, 0) is 43.5 Å². The minimum Gasteiger partial charge on any atom is -0.370 e. The maximum absolute atomic E-state index is 13.1. The van der Waals surface area contributed by atoms with Crippen molar-refractivity contribution in [3.05, 3.63) is 64.8 Å². The summed E-state index contributed by atoms with van der Waals surface area (Å²) in [4.78, 5) is 29.2. The predicted octanol–water partition coefficient (Wildman–Crippen LogP) is 2.70. The van der Waals surface area contributed by atoms with E-state index in [9.17, 15) is 9.59 Å². The van der Waals surface area contributed by atoms with Gasteiger partial charge in [0.15, 0.2) is 5.69 Å². The highest BCUT2D eigenvalue weighted by molar-refractivity contribution is 6.06. The first-order valence-corrected chi connectivity index (χ1v) is 10.8. The Labute approximate surface area is 184 Å². The number of amides is 1. The third kappa shape index (κ3) is 3.45. The molecular weight excluding hydrogens is 406 g/mol. The van der Waals surface area contributed by atoms with Crippen molar-refractivity contribution >= 4 is 28.3 Å². The summed E-state index contributed by atoms with van der Waals surface area (Å²) in [5.74, 6) is -0.342. The summed E-state index contributed by atoms with van der Waals surface area (Å²) in [6.07, 6.45) is 4.86. The zero-order valence-corrected chi connectivity index (χ0v) is 18.2. The number of rotatable bonds is 4. The quantitative estimate of drug-likeness (QED) is 0.537. The van der Waals surface area contributed by atoms with Crippen molar-refractivity contribution in [2.24, 2.45) is 14.1 Å². The fourth-order valence-corrected chi connectivity index (χ4v) is 4.27. The number of imidazole rings is 1. The molecule has 1 N–H and O–H groups in total. The first kappa shape index (κ1) is 20.0. The second kappa shape index (κ2) is 7.99. The van der Waals surface area contributed by atoms with Crippen molar-refractivity contribution in [1.82, 2.24) is 24.1 Å². The average molecular weight is 432 g/mol. The Bertz CT molecular complexity index is 1340. The number of aryl methyl sites for hydroxylation is 2. The van der Waals surface area contributed by atoms with Crippen molar-refractivity contribution in [2.45, 2.75) is 19.3 Å². The minimum absolute atomic E-state index is 0.0983. The van der Waals surface area contributed by atoms with Gasteiger partial charge in [-0.2, -0.15) is 9.90 Å². The molecule has 0 saturated carbocycles. The van der Waals surface area contributed by atoms with Crippen LogP contribution in [0.25, 0.3) is 16.7 Å². The fourth-order valence-electron chi connectivity index (χ4n) is 4.27. The van der Waals surface area contributed by atoms with E-state index < -0.39 is 0 Å². The molecule has 5 rings (SSSR count). The Morgan fingerprint density at radius 2 is 1.66 bits per heavy atom. The lowest BCUT2D eigenvalue weighted by Gasteiger charge is -2.30. The number of aromatic nitrogens is 5. The van der Waals surface area contributed by atoms with Crippen LogP contribution in [0.2, 0.25) is 0 Å². The van der Waals surface area contributed by atoms with E-state index in [0.29, 0.717) is 5.69 Å². The Balaban J connectivity index is 1.52. The Hall–Kier alpha value is -3.88. The van der Waals surface area contributed by atoms with Crippen LogP contribution in [0.15, 0.2) is 53.5 Å². The molecule has 9 heteroatoms. The molecule has 9 nitrogen and oxygen atoms in total. The van der Waals surface area contributed by atoms with Crippen molar-refractivity contribution in [2.75, 3.05) is 23.3 Å². The molecule has 0 unspecified atom stereocenters. The summed E-state index contributed by atoms with van der Waals surface area (Å²) < 4.78 is 3.23. The molecule has 164 valence electrons. The van der Waals surface area contributed by atoms with Crippen LogP contribution in [-0.2, 0) is 14.1 Å². The molecule has 2 aromatic carbocycles. The SMILES string of the molecule is Cn1c(=O)n(C)c2cc(N3CCCCC3)c(NC(=O)c3cnn(-c4ccccc4)n3)cc21. The van der Waals surface area contributed by atoms with Gasteiger partial charge in [0, 0.05) is 27.2 Å². The molecule has 4 aromatic rings. The number of nitrogens with one attached hydrogen (secondary N) is 1. The zero-order valence-electron chi connectivity index (χ0n) is 18.2. The van der Waals surface area contributed by atoms with Crippen LogP contribution in [0.3, 0.4) is 0 Å². The number of fused-ring (bicyclic) bond motifs is 1. The normalized spacial score (nSPS) is 14.1. The lowest BCUT2D eigenvalue weighted by Crippen LogP contribution is -2.30. The monoisotopic (exact) mass is 431 g/mol. The zero-order chi connectivity index (χ0) is 22.2. The number of hydrogen-bond donors (Lipinski definition) is 1. The summed E-state index contributed by atoms with van der Waals surface area (Å²) in [5, 5.41) is 11.6. The molecule has 0 bridgehead atoms. The third-order valence-corrected chi connectivity index (χ3v) is 6.05. The Morgan fingerprint density at radius 3 is 2.38 bits per heavy atom. The van der Waals surface area contributed by atoms with Gasteiger partial charge in [-0.1, -0.05) is 18.2 Å². The van der Waals surface area contributed by atoms with E-state index in [2.05, 4.69) is 20.4 Å². The topological polar surface area (TPSA) is 90.0 Å². The average Bonchev–Trinajstić information content (AvgIpc) is 3.41. The van der Waals surface area contributed by atoms with Gasteiger partial charge in [-0.25, -0.2) is 4.79 Å². The molecule has 3 heterocycles. The van der Waals surface area contributed by atoms with Crippen LogP contribution in [0.1, 0.15) is 29.8 Å². The molecule has 2 aromatic heterocycles. The van der Waals surface area contributed by atoms with Crippen LogP contribution in [-0.4, -0.2) is 43.1 Å². The molecule has 32 heavy (non-hydrogen) atoms. The second-order valence-corrected chi connectivity index (χ2v) is 8.12. The highest BCUT2D eigenvalue weighted by Crippen LogP contribution is 2.33. The Morgan fingerprint density at radius 1 is 0.969 bits per heavy atom. The maximum Gasteiger partial charge on any atom is 0.328 e. The molecule has 0 spiro atoms. The standard InChI is InChI=1S/C23H25N7O2/c1-27-20-13-17(19(29-11-7-4-8-12-29)14-21(20)28(2)23(27)32)25-22(31)18-15-24-30(26-18)16-9-5-3-6-10-16/h3,5-6,9-10,13-15H,4,7-8,11-12H2,1-2H3,(H,25,31). The molecule has 0 aliphatic carbocycles. The van der Waals surface area contributed by atoms with Gasteiger partial charge in [0.05, 0.1) is 34.3 Å². The van der Waals surface area contributed by atoms with E-state index in [1.165, 1.54) is 17.4 Å². The number of hydrogen-bond acceptors (Lipinski definition) is 5. The first-order chi connectivity index (χ1) is 15.5. The molecule has 0 atom stereocenters. The summed E-state index contributed by atoms with van der Waals surface area (Å²) in [6.45, 7) is 1.83. The van der Waals surface area contributed by atoms with Gasteiger partial charge in [0.2, 0.25) is 0 Å². The number of nitrogens with zero attached hydrogens (tertiary/aromatic N) is 6. The molecule has 1 fully saturated rings. The number of benzene rings is 2. The van der Waals surface area contributed by atoms with Crippen molar-refractivity contribution in [3.8, 4) is 5.69 Å². The van der Waals surface area contributed by atoms with Crippen molar-refractivity contribution in [3.63, 3.8) is 0 Å². The van der Waals surface area contributed by atoms with E-state index >= 15 is 0 Å². The summed E-state index contributed by atoms with van der Waals surface area (Å²) in [7, 11) is 3.51. The van der Waals surface area contributed by atoms with E-state index in [0.717, 1.165) is 48.3 Å². The van der Waals surface area contributed by atoms with Crippen molar-refractivity contribution in [1.29, 1.82) is 0 Å². The van der Waals surface area contributed by atoms with E-state index in [-0.39, 0.29) is 17.3 Å². The third-order valence-electron chi connectivity index (χ3n) is 6.05. The molecule has 1 aliphatic heterocycles. The van der Waals surface area contributed by atoms with Crippen LogP contribution in [0, 0.1) is 0 Å². The molecule has 1 amide bonds. The first-order valence-electron chi connectivity index (χ1n) is 10.8. The number of anilines is 2. The van der Waals surface area contributed by atoms with Gasteiger partial charge in [-0.15, -0.1) is 5.10 Å². The van der Waals surface area contributed by atoms with E-state index in [4.69, 9.17) is 0 Å². The fraction of sp³-hybridized carbons (Fsp3) is 0.304.